The number of benzene rings is 1. The van der Waals surface area contributed by atoms with E-state index >= 15 is 0 Å². The van der Waals surface area contributed by atoms with Gasteiger partial charge in [0.25, 0.3) is 0 Å². The van der Waals surface area contributed by atoms with E-state index in [0.717, 1.165) is 50.9 Å². The van der Waals surface area contributed by atoms with E-state index < -0.39 is 0 Å². The molecular formula is C19H26N4O2. The molecule has 2 saturated heterocycles. The molecule has 2 aliphatic rings. The average Bonchev–Trinajstić information content (AvgIpc) is 3.19. The third kappa shape index (κ3) is 3.70. The first kappa shape index (κ1) is 16.5. The molecule has 0 saturated carbocycles. The van der Waals surface area contributed by atoms with Gasteiger partial charge in [0.1, 0.15) is 0 Å². The normalized spacial score (nSPS) is 21.4. The zero-order valence-electron chi connectivity index (χ0n) is 14.8. The SMILES string of the molecule is C[C@@H](C1CCN(c2nc(-c3ccccc3)no2)CC1)N1CCOCC1. The molecule has 3 heterocycles. The van der Waals surface area contributed by atoms with E-state index in [0.29, 0.717) is 17.9 Å². The Balaban J connectivity index is 1.35. The quantitative estimate of drug-likeness (QED) is 0.851. The second-order valence-corrected chi connectivity index (χ2v) is 6.98. The van der Waals surface area contributed by atoms with Crippen LogP contribution in [0.2, 0.25) is 0 Å². The minimum atomic E-state index is 0.619. The molecule has 0 aliphatic carbocycles. The molecule has 0 unspecified atom stereocenters. The second-order valence-electron chi connectivity index (χ2n) is 6.98. The Kier molecular flexibility index (Phi) is 4.99. The molecule has 134 valence electrons. The van der Waals surface area contributed by atoms with E-state index in [1.807, 2.05) is 30.3 Å². The van der Waals surface area contributed by atoms with Crippen LogP contribution in [0.1, 0.15) is 19.8 Å². The first-order valence-corrected chi connectivity index (χ1v) is 9.27. The van der Waals surface area contributed by atoms with Crippen molar-refractivity contribution in [1.82, 2.24) is 15.0 Å². The number of morpholine rings is 1. The molecule has 4 rings (SSSR count). The molecule has 2 aromatic rings. The summed E-state index contributed by atoms with van der Waals surface area (Å²) in [5.74, 6) is 1.39. The zero-order valence-corrected chi connectivity index (χ0v) is 14.8. The summed E-state index contributed by atoms with van der Waals surface area (Å²) in [5.41, 5.74) is 0.994. The molecule has 2 aliphatic heterocycles. The largest absolute Gasteiger partial charge is 0.379 e. The molecule has 1 aromatic carbocycles. The molecule has 25 heavy (non-hydrogen) atoms. The summed E-state index contributed by atoms with van der Waals surface area (Å²) in [6.45, 7) is 8.19. The van der Waals surface area contributed by atoms with Gasteiger partial charge in [-0.1, -0.05) is 35.5 Å². The predicted octanol–water partition coefficient (Wildman–Crippen LogP) is 2.67. The minimum Gasteiger partial charge on any atom is -0.379 e. The number of rotatable bonds is 4. The van der Waals surface area contributed by atoms with E-state index in [4.69, 9.17) is 9.26 Å². The van der Waals surface area contributed by atoms with Gasteiger partial charge in [0.05, 0.1) is 13.2 Å². The van der Waals surface area contributed by atoms with E-state index in [1.54, 1.807) is 0 Å². The van der Waals surface area contributed by atoms with Gasteiger partial charge >= 0.3 is 6.01 Å². The number of hydrogen-bond donors (Lipinski definition) is 0. The second kappa shape index (κ2) is 7.54. The van der Waals surface area contributed by atoms with E-state index in [1.165, 1.54) is 12.8 Å². The fourth-order valence-electron chi connectivity index (χ4n) is 3.90. The van der Waals surface area contributed by atoms with Crippen molar-refractivity contribution in [2.24, 2.45) is 5.92 Å². The Morgan fingerprint density at radius 2 is 1.76 bits per heavy atom. The highest BCUT2D eigenvalue weighted by molar-refractivity contribution is 5.55. The van der Waals surface area contributed by atoms with Crippen LogP contribution in [0, 0.1) is 5.92 Å². The lowest BCUT2D eigenvalue weighted by Crippen LogP contribution is -2.48. The number of piperidine rings is 1. The molecule has 6 nitrogen and oxygen atoms in total. The van der Waals surface area contributed by atoms with E-state index in [2.05, 4.69) is 26.9 Å². The smallest absolute Gasteiger partial charge is 0.324 e. The van der Waals surface area contributed by atoms with E-state index in [-0.39, 0.29) is 0 Å². The highest BCUT2D eigenvalue weighted by atomic mass is 16.5. The Morgan fingerprint density at radius 3 is 2.48 bits per heavy atom. The van der Waals surface area contributed by atoms with Gasteiger partial charge in [-0.3, -0.25) is 4.90 Å². The number of nitrogens with zero attached hydrogens (tertiary/aromatic N) is 4. The van der Waals surface area contributed by atoms with Crippen LogP contribution in [0.3, 0.4) is 0 Å². The Hall–Kier alpha value is -1.92. The van der Waals surface area contributed by atoms with Crippen LogP contribution in [0.4, 0.5) is 6.01 Å². The monoisotopic (exact) mass is 342 g/mol. The molecule has 0 bridgehead atoms. The van der Waals surface area contributed by atoms with Crippen molar-refractivity contribution >= 4 is 6.01 Å². The molecule has 0 N–H and O–H groups in total. The van der Waals surface area contributed by atoms with Crippen LogP contribution >= 0.6 is 0 Å². The Bertz CT molecular complexity index is 661. The van der Waals surface area contributed by atoms with Gasteiger partial charge in [-0.2, -0.15) is 4.98 Å². The number of hydrogen-bond acceptors (Lipinski definition) is 6. The van der Waals surface area contributed by atoms with Crippen LogP contribution in [-0.4, -0.2) is 60.5 Å². The van der Waals surface area contributed by atoms with Gasteiger partial charge in [-0.05, 0) is 25.7 Å². The topological polar surface area (TPSA) is 54.6 Å². The van der Waals surface area contributed by atoms with Crippen molar-refractivity contribution in [3.8, 4) is 11.4 Å². The fraction of sp³-hybridized carbons (Fsp3) is 0.579. The summed E-state index contributed by atoms with van der Waals surface area (Å²) in [4.78, 5) is 9.38. The third-order valence-corrected chi connectivity index (χ3v) is 5.56. The standard InChI is InChI=1S/C19H26N4O2/c1-15(22-11-13-24-14-12-22)16-7-9-23(10-8-16)19-20-18(21-25-19)17-5-3-2-4-6-17/h2-6,15-16H,7-14H2,1H3/t15-/m0/s1. The summed E-state index contributed by atoms with van der Waals surface area (Å²) in [6.07, 6.45) is 2.34. The molecule has 0 radical (unpaired) electrons. The van der Waals surface area contributed by atoms with Gasteiger partial charge in [0.2, 0.25) is 5.82 Å². The average molecular weight is 342 g/mol. The van der Waals surface area contributed by atoms with Crippen LogP contribution < -0.4 is 4.90 Å². The highest BCUT2D eigenvalue weighted by Gasteiger charge is 2.30. The Morgan fingerprint density at radius 1 is 1.04 bits per heavy atom. The summed E-state index contributed by atoms with van der Waals surface area (Å²) in [5, 5.41) is 4.14. The van der Waals surface area contributed by atoms with Gasteiger partial charge < -0.3 is 14.2 Å². The summed E-state index contributed by atoms with van der Waals surface area (Å²) in [7, 11) is 0. The van der Waals surface area contributed by atoms with Crippen molar-refractivity contribution in [2.75, 3.05) is 44.3 Å². The van der Waals surface area contributed by atoms with Crippen molar-refractivity contribution in [1.29, 1.82) is 0 Å². The van der Waals surface area contributed by atoms with Crippen LogP contribution in [0.5, 0.6) is 0 Å². The maximum absolute atomic E-state index is 5.51. The molecular weight excluding hydrogens is 316 g/mol. The van der Waals surface area contributed by atoms with Gasteiger partial charge in [0.15, 0.2) is 0 Å². The summed E-state index contributed by atoms with van der Waals surface area (Å²) >= 11 is 0. The number of anilines is 1. The van der Waals surface area contributed by atoms with Gasteiger partial charge in [-0.25, -0.2) is 0 Å². The highest BCUT2D eigenvalue weighted by Crippen LogP contribution is 2.28. The lowest BCUT2D eigenvalue weighted by molar-refractivity contribution is 0.00438. The van der Waals surface area contributed by atoms with Crippen molar-refractivity contribution in [2.45, 2.75) is 25.8 Å². The first-order valence-electron chi connectivity index (χ1n) is 9.27. The van der Waals surface area contributed by atoms with Gasteiger partial charge in [0, 0.05) is 37.8 Å². The number of ether oxygens (including phenoxy) is 1. The first-order chi connectivity index (χ1) is 12.3. The zero-order chi connectivity index (χ0) is 17.1. The molecule has 6 heteroatoms. The third-order valence-electron chi connectivity index (χ3n) is 5.56. The van der Waals surface area contributed by atoms with Crippen molar-refractivity contribution in [3.05, 3.63) is 30.3 Å². The maximum Gasteiger partial charge on any atom is 0.324 e. The Labute approximate surface area is 148 Å². The van der Waals surface area contributed by atoms with Crippen LogP contribution in [0.15, 0.2) is 34.9 Å². The maximum atomic E-state index is 5.51. The predicted molar refractivity (Wildman–Crippen MR) is 96.5 cm³/mol. The summed E-state index contributed by atoms with van der Waals surface area (Å²) in [6, 6.07) is 11.2. The minimum absolute atomic E-state index is 0.619. The van der Waals surface area contributed by atoms with Crippen molar-refractivity contribution < 1.29 is 9.26 Å². The molecule has 1 aromatic heterocycles. The van der Waals surface area contributed by atoms with Crippen LogP contribution in [0.25, 0.3) is 11.4 Å². The molecule has 0 spiro atoms. The van der Waals surface area contributed by atoms with Crippen molar-refractivity contribution in [3.63, 3.8) is 0 Å². The summed E-state index contributed by atoms with van der Waals surface area (Å²) < 4.78 is 11.0. The molecule has 0 amide bonds. The number of aromatic nitrogens is 2. The lowest BCUT2D eigenvalue weighted by Gasteiger charge is -2.40. The molecule has 1 atom stereocenters. The molecule has 2 fully saturated rings. The van der Waals surface area contributed by atoms with E-state index in [9.17, 15) is 0 Å². The van der Waals surface area contributed by atoms with Gasteiger partial charge in [-0.15, -0.1) is 0 Å². The fourth-order valence-corrected chi connectivity index (χ4v) is 3.90. The lowest BCUT2D eigenvalue weighted by atomic mass is 9.89. The van der Waals surface area contributed by atoms with Crippen LogP contribution in [-0.2, 0) is 4.74 Å².